The highest BCUT2D eigenvalue weighted by Crippen LogP contribution is 2.37. The number of alkyl halides is 2. The summed E-state index contributed by atoms with van der Waals surface area (Å²) in [6.45, 7) is -0.937. The second-order valence-electron chi connectivity index (χ2n) is 5.07. The average Bonchev–Trinajstić information content (AvgIpc) is 3.02. The third-order valence-corrected chi connectivity index (χ3v) is 3.57. The zero-order valence-corrected chi connectivity index (χ0v) is 13.0. The fraction of sp³-hybridized carbons (Fsp3) is 0.235. The Kier molecular flexibility index (Phi) is 4.50. The van der Waals surface area contributed by atoms with Gasteiger partial charge in [0, 0.05) is 24.4 Å². The van der Waals surface area contributed by atoms with Gasteiger partial charge < -0.3 is 19.4 Å². The molecule has 1 N–H and O–H groups in total. The first-order valence-corrected chi connectivity index (χ1v) is 7.48. The molecule has 1 aromatic carbocycles. The minimum atomic E-state index is -2.91. The molecule has 1 aliphatic rings. The fourth-order valence-electron chi connectivity index (χ4n) is 2.65. The van der Waals surface area contributed by atoms with Gasteiger partial charge >= 0.3 is 12.6 Å². The summed E-state index contributed by atoms with van der Waals surface area (Å²) in [7, 11) is 0. The van der Waals surface area contributed by atoms with E-state index in [0.717, 1.165) is 11.4 Å². The number of ether oxygens (including phenoxy) is 2. The van der Waals surface area contributed by atoms with Gasteiger partial charge in [0.05, 0.1) is 18.0 Å². The number of esters is 1. The van der Waals surface area contributed by atoms with Crippen molar-refractivity contribution in [1.29, 1.82) is 0 Å². The molecule has 1 aliphatic heterocycles. The molecule has 24 heavy (non-hydrogen) atoms. The molecule has 2 heterocycles. The Balaban J connectivity index is 2.02. The van der Waals surface area contributed by atoms with Crippen molar-refractivity contribution in [1.82, 2.24) is 4.98 Å². The van der Waals surface area contributed by atoms with Crippen LogP contribution in [-0.4, -0.2) is 24.2 Å². The van der Waals surface area contributed by atoms with Crippen LogP contribution in [0.4, 0.5) is 20.2 Å². The number of allylic oxidation sites excluding steroid dienone is 1. The number of H-pyrrole nitrogens is 1. The van der Waals surface area contributed by atoms with Crippen molar-refractivity contribution in [2.24, 2.45) is 0 Å². The number of benzene rings is 1. The molecule has 0 saturated carbocycles. The molecule has 7 heteroatoms. The second-order valence-corrected chi connectivity index (χ2v) is 5.07. The zero-order chi connectivity index (χ0) is 17.1. The Morgan fingerprint density at radius 3 is 2.96 bits per heavy atom. The predicted molar refractivity (Wildman–Crippen MR) is 84.4 cm³/mol. The summed E-state index contributed by atoms with van der Waals surface area (Å²) in [6, 6.07) is 8.03. The number of carbonyl (C=O) groups excluding carboxylic acids is 1. The van der Waals surface area contributed by atoms with E-state index in [2.05, 4.69) is 9.72 Å². The summed E-state index contributed by atoms with van der Waals surface area (Å²) in [5.74, 6) is -0.446. The number of nitrogens with zero attached hydrogens (tertiary/aromatic N) is 1. The minimum absolute atomic E-state index is 0.0216. The number of hydrogen-bond acceptors (Lipinski definition) is 4. The number of halogens is 2. The Labute approximate surface area is 137 Å². The molecule has 0 atom stereocenters. The number of carbonyl (C=O) groups is 1. The van der Waals surface area contributed by atoms with Gasteiger partial charge in [0.25, 0.3) is 0 Å². The standard InChI is InChI=1S/C17H16F2N2O3/c1-2-23-16(22)15-7-6-13-14(8-9-20-13)21(15)11-4-3-5-12(10-11)24-17(18)19/h3-5,7-10,17,20H,2,6H2,1H3. The van der Waals surface area contributed by atoms with E-state index in [0.29, 0.717) is 17.8 Å². The number of hydrogen-bond donors (Lipinski definition) is 1. The summed E-state index contributed by atoms with van der Waals surface area (Å²) in [5.41, 5.74) is 2.57. The highest BCUT2D eigenvalue weighted by molar-refractivity contribution is 5.97. The van der Waals surface area contributed by atoms with E-state index in [1.165, 1.54) is 12.1 Å². The van der Waals surface area contributed by atoms with Crippen LogP contribution in [0, 0.1) is 0 Å². The Morgan fingerprint density at radius 2 is 2.21 bits per heavy atom. The molecule has 0 bridgehead atoms. The molecular formula is C17H16F2N2O3. The summed E-state index contributed by atoms with van der Waals surface area (Å²) in [4.78, 5) is 17.1. The van der Waals surface area contributed by atoms with Crippen LogP contribution in [0.25, 0.3) is 0 Å². The Morgan fingerprint density at radius 1 is 1.38 bits per heavy atom. The van der Waals surface area contributed by atoms with E-state index in [-0.39, 0.29) is 12.4 Å². The smallest absolute Gasteiger partial charge is 0.387 e. The molecule has 0 unspecified atom stereocenters. The van der Waals surface area contributed by atoms with Gasteiger partial charge in [-0.25, -0.2) is 4.79 Å². The van der Waals surface area contributed by atoms with Crippen LogP contribution >= 0.6 is 0 Å². The lowest BCUT2D eigenvalue weighted by Gasteiger charge is -2.29. The van der Waals surface area contributed by atoms with E-state index in [1.54, 1.807) is 36.2 Å². The van der Waals surface area contributed by atoms with Crippen molar-refractivity contribution >= 4 is 17.3 Å². The lowest BCUT2D eigenvalue weighted by Crippen LogP contribution is -2.27. The third kappa shape index (κ3) is 3.10. The lowest BCUT2D eigenvalue weighted by atomic mass is 10.1. The first-order chi connectivity index (χ1) is 11.6. The number of nitrogens with one attached hydrogen (secondary N) is 1. The molecule has 0 fully saturated rings. The van der Waals surface area contributed by atoms with Gasteiger partial charge in [0.2, 0.25) is 0 Å². The quantitative estimate of drug-likeness (QED) is 0.846. The van der Waals surface area contributed by atoms with Crippen LogP contribution in [0.3, 0.4) is 0 Å². The molecule has 126 valence electrons. The first kappa shape index (κ1) is 16.0. The molecule has 3 rings (SSSR count). The van der Waals surface area contributed by atoms with E-state index >= 15 is 0 Å². The topological polar surface area (TPSA) is 54.6 Å². The minimum Gasteiger partial charge on any atom is -0.461 e. The molecule has 0 saturated heterocycles. The maximum absolute atomic E-state index is 12.5. The van der Waals surface area contributed by atoms with Crippen molar-refractivity contribution in [2.75, 3.05) is 11.5 Å². The number of rotatable bonds is 5. The van der Waals surface area contributed by atoms with Crippen LogP contribution < -0.4 is 9.64 Å². The van der Waals surface area contributed by atoms with Crippen molar-refractivity contribution in [3.63, 3.8) is 0 Å². The molecule has 2 aromatic rings. The summed E-state index contributed by atoms with van der Waals surface area (Å²) in [6.07, 6.45) is 4.07. The zero-order valence-electron chi connectivity index (χ0n) is 13.0. The van der Waals surface area contributed by atoms with Crippen LogP contribution in [0.5, 0.6) is 5.75 Å². The van der Waals surface area contributed by atoms with E-state index in [9.17, 15) is 13.6 Å². The van der Waals surface area contributed by atoms with Gasteiger partial charge in [-0.3, -0.25) is 0 Å². The molecular weight excluding hydrogens is 318 g/mol. The molecule has 5 nitrogen and oxygen atoms in total. The van der Waals surface area contributed by atoms with Gasteiger partial charge in [-0.2, -0.15) is 8.78 Å². The van der Waals surface area contributed by atoms with Crippen LogP contribution in [0.2, 0.25) is 0 Å². The van der Waals surface area contributed by atoms with Gasteiger partial charge in [-0.05, 0) is 31.2 Å². The second kappa shape index (κ2) is 6.74. The number of aromatic nitrogens is 1. The maximum Gasteiger partial charge on any atom is 0.387 e. The predicted octanol–water partition coefficient (Wildman–Crippen LogP) is 3.76. The molecule has 0 spiro atoms. The number of aromatic amines is 1. The van der Waals surface area contributed by atoms with Crippen LogP contribution in [0.1, 0.15) is 12.6 Å². The van der Waals surface area contributed by atoms with Crippen LogP contribution in [-0.2, 0) is 16.0 Å². The molecule has 0 aliphatic carbocycles. The maximum atomic E-state index is 12.5. The number of anilines is 2. The molecule has 1 aromatic heterocycles. The largest absolute Gasteiger partial charge is 0.461 e. The van der Waals surface area contributed by atoms with E-state index in [4.69, 9.17) is 4.74 Å². The van der Waals surface area contributed by atoms with Crippen molar-refractivity contribution in [3.05, 3.63) is 54.0 Å². The molecule has 0 radical (unpaired) electrons. The normalized spacial score (nSPS) is 13.5. The lowest BCUT2D eigenvalue weighted by molar-refractivity contribution is -0.138. The summed E-state index contributed by atoms with van der Waals surface area (Å²) in [5, 5.41) is 0. The Hall–Kier alpha value is -2.83. The summed E-state index contributed by atoms with van der Waals surface area (Å²) >= 11 is 0. The highest BCUT2D eigenvalue weighted by Gasteiger charge is 2.28. The summed E-state index contributed by atoms with van der Waals surface area (Å²) < 4.78 is 34.5. The van der Waals surface area contributed by atoms with E-state index in [1.807, 2.05) is 6.07 Å². The Bertz CT molecular complexity index is 771. The van der Waals surface area contributed by atoms with E-state index < -0.39 is 12.6 Å². The van der Waals surface area contributed by atoms with Gasteiger partial charge in [0.1, 0.15) is 11.4 Å². The van der Waals surface area contributed by atoms with Crippen molar-refractivity contribution < 1.29 is 23.0 Å². The van der Waals surface area contributed by atoms with Crippen molar-refractivity contribution in [2.45, 2.75) is 20.0 Å². The molecule has 0 amide bonds. The van der Waals surface area contributed by atoms with Gasteiger partial charge in [-0.1, -0.05) is 6.07 Å². The first-order valence-electron chi connectivity index (χ1n) is 7.48. The third-order valence-electron chi connectivity index (χ3n) is 3.57. The van der Waals surface area contributed by atoms with Gasteiger partial charge in [0.15, 0.2) is 0 Å². The highest BCUT2D eigenvalue weighted by atomic mass is 19.3. The average molecular weight is 334 g/mol. The van der Waals surface area contributed by atoms with Gasteiger partial charge in [-0.15, -0.1) is 0 Å². The SMILES string of the molecule is CCOC(=O)C1=CCc2[nH]ccc2N1c1cccc(OC(F)F)c1. The van der Waals surface area contributed by atoms with Crippen LogP contribution in [0.15, 0.2) is 48.3 Å². The monoisotopic (exact) mass is 334 g/mol. The van der Waals surface area contributed by atoms with Crippen molar-refractivity contribution in [3.8, 4) is 5.75 Å². The number of fused-ring (bicyclic) bond motifs is 1. The fourth-order valence-corrected chi connectivity index (χ4v) is 2.65.